The lowest BCUT2D eigenvalue weighted by molar-refractivity contribution is -0.137. The number of nitrogens with one attached hydrogen (secondary N) is 1. The van der Waals surface area contributed by atoms with Crippen LogP contribution in [0.5, 0.6) is 0 Å². The summed E-state index contributed by atoms with van der Waals surface area (Å²) >= 11 is 1.26. The molecule has 0 radical (unpaired) electrons. The maximum absolute atomic E-state index is 12.7. The van der Waals surface area contributed by atoms with E-state index in [2.05, 4.69) is 10.3 Å². The fourth-order valence-electron chi connectivity index (χ4n) is 1.76. The van der Waals surface area contributed by atoms with Crippen LogP contribution in [0.2, 0.25) is 0 Å². The number of halogens is 3. The molecule has 0 spiro atoms. The fraction of sp³-hybridized carbons (Fsp3) is 0.333. The van der Waals surface area contributed by atoms with Crippen molar-refractivity contribution in [3.63, 3.8) is 0 Å². The zero-order valence-electron chi connectivity index (χ0n) is 12.1. The number of hydrogen-bond acceptors (Lipinski definition) is 3. The third kappa shape index (κ3) is 4.30. The molecule has 0 atom stereocenters. The van der Waals surface area contributed by atoms with Crippen molar-refractivity contribution in [3.05, 3.63) is 46.5 Å². The minimum Gasteiger partial charge on any atom is -0.302 e. The van der Waals surface area contributed by atoms with Crippen molar-refractivity contribution >= 4 is 22.4 Å². The lowest BCUT2D eigenvalue weighted by atomic mass is 10.1. The van der Waals surface area contributed by atoms with E-state index in [0.717, 1.165) is 17.0 Å². The molecule has 22 heavy (non-hydrogen) atoms. The summed E-state index contributed by atoms with van der Waals surface area (Å²) < 4.78 is 38.0. The van der Waals surface area contributed by atoms with Gasteiger partial charge in [0.05, 0.1) is 5.56 Å². The predicted octanol–water partition coefficient (Wildman–Crippen LogP) is 4.35. The van der Waals surface area contributed by atoms with Crippen molar-refractivity contribution in [2.75, 3.05) is 5.32 Å². The van der Waals surface area contributed by atoms with Gasteiger partial charge in [0.2, 0.25) is 5.91 Å². The lowest BCUT2D eigenvalue weighted by Gasteiger charge is -2.07. The Labute approximate surface area is 130 Å². The van der Waals surface area contributed by atoms with E-state index in [1.165, 1.54) is 17.4 Å². The summed E-state index contributed by atoms with van der Waals surface area (Å²) in [6.45, 7) is 3.54. The van der Waals surface area contributed by atoms with Crippen LogP contribution >= 0.6 is 11.3 Å². The highest BCUT2D eigenvalue weighted by atomic mass is 32.1. The van der Waals surface area contributed by atoms with Gasteiger partial charge >= 0.3 is 6.18 Å². The summed E-state index contributed by atoms with van der Waals surface area (Å²) in [6.07, 6.45) is -2.43. The van der Waals surface area contributed by atoms with Gasteiger partial charge in [0.1, 0.15) is 0 Å². The molecule has 0 aliphatic carbocycles. The summed E-state index contributed by atoms with van der Waals surface area (Å²) in [5, 5.41) is 3.13. The first-order valence-electron chi connectivity index (χ1n) is 6.67. The molecule has 0 saturated carbocycles. The number of carbonyl (C=O) groups is 1. The second-order valence-electron chi connectivity index (χ2n) is 5.15. The number of alkyl halides is 3. The molecular weight excluding hydrogens is 313 g/mol. The van der Waals surface area contributed by atoms with Crippen molar-refractivity contribution in [3.8, 4) is 0 Å². The number of rotatable bonds is 4. The minimum atomic E-state index is -4.35. The highest BCUT2D eigenvalue weighted by Gasteiger charge is 2.30. The van der Waals surface area contributed by atoms with Gasteiger partial charge in [-0.3, -0.25) is 4.79 Å². The van der Waals surface area contributed by atoms with Gasteiger partial charge in [0.15, 0.2) is 5.13 Å². The van der Waals surface area contributed by atoms with Crippen LogP contribution in [0.15, 0.2) is 30.5 Å². The Hall–Kier alpha value is -1.89. The minimum absolute atomic E-state index is 0.139. The average molecular weight is 328 g/mol. The molecule has 1 aromatic carbocycles. The number of aromatic nitrogens is 1. The highest BCUT2D eigenvalue weighted by Crippen LogP contribution is 2.30. The van der Waals surface area contributed by atoms with Crippen LogP contribution in [-0.2, 0) is 17.4 Å². The van der Waals surface area contributed by atoms with Crippen LogP contribution in [0.3, 0.4) is 0 Å². The number of amides is 1. The zero-order chi connectivity index (χ0) is 16.3. The average Bonchev–Trinajstić information content (AvgIpc) is 2.85. The zero-order valence-corrected chi connectivity index (χ0v) is 12.9. The Kier molecular flexibility index (Phi) is 4.85. The molecule has 0 aliphatic rings. The van der Waals surface area contributed by atoms with Crippen LogP contribution in [0.1, 0.15) is 29.9 Å². The number of hydrogen-bond donors (Lipinski definition) is 1. The third-order valence-electron chi connectivity index (χ3n) is 2.94. The van der Waals surface area contributed by atoms with Crippen LogP contribution in [0.25, 0.3) is 0 Å². The SMILES string of the molecule is CC(C)C(=O)Nc1ncc(Cc2cccc(C(F)(F)F)c2)s1. The van der Waals surface area contributed by atoms with Gasteiger partial charge in [0, 0.05) is 23.4 Å². The highest BCUT2D eigenvalue weighted by molar-refractivity contribution is 7.15. The number of carbonyl (C=O) groups excluding carboxylic acids is 1. The summed E-state index contributed by atoms with van der Waals surface area (Å²) in [7, 11) is 0. The van der Waals surface area contributed by atoms with Crippen LogP contribution < -0.4 is 5.32 Å². The molecule has 1 amide bonds. The smallest absolute Gasteiger partial charge is 0.302 e. The van der Waals surface area contributed by atoms with E-state index in [9.17, 15) is 18.0 Å². The predicted molar refractivity (Wildman–Crippen MR) is 79.8 cm³/mol. The van der Waals surface area contributed by atoms with Gasteiger partial charge in [-0.1, -0.05) is 32.0 Å². The van der Waals surface area contributed by atoms with Crippen LogP contribution in [0, 0.1) is 5.92 Å². The Bertz CT molecular complexity index is 665. The van der Waals surface area contributed by atoms with E-state index >= 15 is 0 Å². The summed E-state index contributed by atoms with van der Waals surface area (Å²) in [4.78, 5) is 16.4. The fourth-order valence-corrected chi connectivity index (χ4v) is 2.61. The van der Waals surface area contributed by atoms with Crippen molar-refractivity contribution in [2.24, 2.45) is 5.92 Å². The molecule has 0 bridgehead atoms. The van der Waals surface area contributed by atoms with E-state index in [-0.39, 0.29) is 11.8 Å². The summed E-state index contributed by atoms with van der Waals surface area (Å²) in [6, 6.07) is 5.21. The van der Waals surface area contributed by atoms with E-state index in [0.29, 0.717) is 17.1 Å². The topological polar surface area (TPSA) is 42.0 Å². The first kappa shape index (κ1) is 16.5. The third-order valence-corrected chi connectivity index (χ3v) is 3.85. The molecule has 0 aliphatic heterocycles. The molecule has 1 N–H and O–H groups in total. The maximum atomic E-state index is 12.7. The first-order chi connectivity index (χ1) is 10.3. The van der Waals surface area contributed by atoms with Gasteiger partial charge in [-0.2, -0.15) is 13.2 Å². The largest absolute Gasteiger partial charge is 0.416 e. The monoisotopic (exact) mass is 328 g/mol. The molecule has 2 rings (SSSR count). The molecule has 0 saturated heterocycles. The van der Waals surface area contributed by atoms with Gasteiger partial charge in [0.25, 0.3) is 0 Å². The van der Waals surface area contributed by atoms with Crippen LogP contribution in [0.4, 0.5) is 18.3 Å². The van der Waals surface area contributed by atoms with Crippen molar-refractivity contribution in [1.82, 2.24) is 4.98 Å². The molecule has 0 fully saturated rings. The van der Waals surface area contributed by atoms with E-state index in [1.807, 2.05) is 0 Å². The van der Waals surface area contributed by atoms with Gasteiger partial charge in [-0.15, -0.1) is 11.3 Å². The van der Waals surface area contributed by atoms with Gasteiger partial charge in [-0.25, -0.2) is 4.98 Å². The molecule has 0 unspecified atom stereocenters. The number of thiazole rings is 1. The Morgan fingerprint density at radius 1 is 1.36 bits per heavy atom. The number of nitrogens with zero attached hydrogens (tertiary/aromatic N) is 1. The second kappa shape index (κ2) is 6.48. The normalized spacial score (nSPS) is 11.7. The van der Waals surface area contributed by atoms with Crippen LogP contribution in [-0.4, -0.2) is 10.9 Å². The summed E-state index contributed by atoms with van der Waals surface area (Å²) in [5.41, 5.74) is -0.108. The van der Waals surface area contributed by atoms with Crippen molar-refractivity contribution in [2.45, 2.75) is 26.4 Å². The standard InChI is InChI=1S/C15H15F3N2OS/c1-9(2)13(21)20-14-19-8-12(22-14)7-10-4-3-5-11(6-10)15(16,17)18/h3-6,8-9H,7H2,1-2H3,(H,19,20,21). The lowest BCUT2D eigenvalue weighted by Crippen LogP contribution is -2.17. The first-order valence-corrected chi connectivity index (χ1v) is 7.49. The van der Waals surface area contributed by atoms with Gasteiger partial charge in [-0.05, 0) is 11.6 Å². The van der Waals surface area contributed by atoms with Gasteiger partial charge < -0.3 is 5.32 Å². The molecule has 7 heteroatoms. The van der Waals surface area contributed by atoms with Crippen molar-refractivity contribution in [1.29, 1.82) is 0 Å². The van der Waals surface area contributed by atoms with E-state index in [1.54, 1.807) is 26.1 Å². The quantitative estimate of drug-likeness (QED) is 0.907. The Balaban J connectivity index is 2.09. The van der Waals surface area contributed by atoms with E-state index in [4.69, 9.17) is 0 Å². The number of benzene rings is 1. The molecule has 1 heterocycles. The molecular formula is C15H15F3N2OS. The Morgan fingerprint density at radius 2 is 2.09 bits per heavy atom. The molecule has 3 nitrogen and oxygen atoms in total. The Morgan fingerprint density at radius 3 is 2.73 bits per heavy atom. The second-order valence-corrected chi connectivity index (χ2v) is 6.27. The molecule has 1 aromatic heterocycles. The molecule has 118 valence electrons. The van der Waals surface area contributed by atoms with E-state index < -0.39 is 11.7 Å². The number of anilines is 1. The molecule has 2 aromatic rings. The summed E-state index contributed by atoms with van der Waals surface area (Å²) in [5.74, 6) is -0.296. The maximum Gasteiger partial charge on any atom is 0.416 e. The van der Waals surface area contributed by atoms with Crippen molar-refractivity contribution < 1.29 is 18.0 Å².